The zero-order chi connectivity index (χ0) is 22.0. The van der Waals surface area contributed by atoms with Crippen molar-refractivity contribution in [3.8, 4) is 0 Å². The van der Waals surface area contributed by atoms with Gasteiger partial charge < -0.3 is 10.6 Å². The number of urea groups is 1. The molecule has 0 spiro atoms. The van der Waals surface area contributed by atoms with Crippen LogP contribution >= 0.6 is 15.9 Å². The molecule has 4 rings (SSSR count). The van der Waals surface area contributed by atoms with E-state index < -0.39 is 29.9 Å². The van der Waals surface area contributed by atoms with Gasteiger partial charge in [-0.25, -0.2) is 4.79 Å². The number of carbonyl (C=O) groups excluding carboxylic acids is 3. The third kappa shape index (κ3) is 3.84. The van der Waals surface area contributed by atoms with Crippen molar-refractivity contribution < 1.29 is 14.4 Å². The van der Waals surface area contributed by atoms with Crippen molar-refractivity contribution in [2.75, 3.05) is 11.9 Å². The van der Waals surface area contributed by atoms with Gasteiger partial charge in [0.25, 0.3) is 5.91 Å². The Labute approximate surface area is 188 Å². The molecule has 2 N–H and O–H groups in total. The number of rotatable bonds is 5. The normalized spacial score (nSPS) is 15.0. The van der Waals surface area contributed by atoms with Crippen molar-refractivity contribution in [2.24, 2.45) is 0 Å². The summed E-state index contributed by atoms with van der Waals surface area (Å²) in [5.74, 6) is -0.960. The highest BCUT2D eigenvalue weighted by atomic mass is 79.9. The van der Waals surface area contributed by atoms with Gasteiger partial charge >= 0.3 is 6.03 Å². The number of anilines is 1. The summed E-state index contributed by atoms with van der Waals surface area (Å²) in [4.78, 5) is 40.1. The molecule has 6 nitrogen and oxygen atoms in total. The van der Waals surface area contributed by atoms with E-state index in [9.17, 15) is 14.4 Å². The first-order valence-electron chi connectivity index (χ1n) is 9.73. The van der Waals surface area contributed by atoms with Gasteiger partial charge in [0.2, 0.25) is 5.91 Å². The number of aryl methyl sites for hydroxylation is 1. The van der Waals surface area contributed by atoms with Crippen molar-refractivity contribution in [3.05, 3.63) is 100 Å². The molecule has 7 heteroatoms. The van der Waals surface area contributed by atoms with Gasteiger partial charge in [0.05, 0.1) is 5.69 Å². The molecule has 0 bridgehead atoms. The Morgan fingerprint density at radius 3 is 2.10 bits per heavy atom. The smallest absolute Gasteiger partial charge is 0.323 e. The largest absolute Gasteiger partial charge is 0.326 e. The molecule has 4 amide bonds. The standard InChI is InChI=1S/C24H20BrN3O3/c1-16-12-13-20(19(25)14-16)26-21(29)15-28-22(30)24(27-23(28)31,17-8-4-2-5-9-17)18-10-6-3-7-11-18/h2-14H,15H2,1H3,(H,26,29)(H,27,31). The summed E-state index contributed by atoms with van der Waals surface area (Å²) in [7, 11) is 0. The number of halogens is 1. The average Bonchev–Trinajstić information content (AvgIpc) is 3.02. The Hall–Kier alpha value is -3.45. The maximum atomic E-state index is 13.6. The van der Waals surface area contributed by atoms with E-state index in [-0.39, 0.29) is 0 Å². The molecule has 3 aromatic carbocycles. The molecule has 0 unspecified atom stereocenters. The van der Waals surface area contributed by atoms with Crippen LogP contribution in [0.4, 0.5) is 10.5 Å². The van der Waals surface area contributed by atoms with Crippen LogP contribution < -0.4 is 10.6 Å². The molecule has 31 heavy (non-hydrogen) atoms. The van der Waals surface area contributed by atoms with Crippen LogP contribution in [0.2, 0.25) is 0 Å². The van der Waals surface area contributed by atoms with E-state index in [4.69, 9.17) is 0 Å². The summed E-state index contributed by atoms with van der Waals surface area (Å²) in [5.41, 5.74) is 1.48. The maximum Gasteiger partial charge on any atom is 0.326 e. The molecular weight excluding hydrogens is 458 g/mol. The van der Waals surface area contributed by atoms with Crippen LogP contribution in [0.25, 0.3) is 0 Å². The van der Waals surface area contributed by atoms with Gasteiger partial charge in [-0.2, -0.15) is 0 Å². The molecule has 156 valence electrons. The van der Waals surface area contributed by atoms with Gasteiger partial charge in [-0.3, -0.25) is 14.5 Å². The second kappa shape index (κ2) is 8.35. The number of nitrogens with one attached hydrogen (secondary N) is 2. The third-order valence-corrected chi connectivity index (χ3v) is 5.88. The van der Waals surface area contributed by atoms with Gasteiger partial charge in [0, 0.05) is 4.47 Å². The molecule has 1 saturated heterocycles. The summed E-state index contributed by atoms with van der Waals surface area (Å²) in [5, 5.41) is 5.59. The molecule has 0 radical (unpaired) electrons. The predicted molar refractivity (Wildman–Crippen MR) is 121 cm³/mol. The predicted octanol–water partition coefficient (Wildman–Crippen LogP) is 4.19. The quantitative estimate of drug-likeness (QED) is 0.540. The molecule has 1 heterocycles. The number of amides is 4. The zero-order valence-corrected chi connectivity index (χ0v) is 18.3. The van der Waals surface area contributed by atoms with Gasteiger partial charge in [-0.15, -0.1) is 0 Å². The Kier molecular flexibility index (Phi) is 5.61. The second-order valence-corrected chi connectivity index (χ2v) is 8.19. The van der Waals surface area contributed by atoms with E-state index in [0.29, 0.717) is 16.8 Å². The lowest BCUT2D eigenvalue weighted by atomic mass is 9.82. The highest BCUT2D eigenvalue weighted by Gasteiger charge is 2.54. The topological polar surface area (TPSA) is 78.5 Å². The van der Waals surface area contributed by atoms with Crippen molar-refractivity contribution in [2.45, 2.75) is 12.5 Å². The lowest BCUT2D eigenvalue weighted by Gasteiger charge is -2.28. The number of imide groups is 1. The summed E-state index contributed by atoms with van der Waals surface area (Å²) >= 11 is 3.42. The molecule has 3 aromatic rings. The molecular formula is C24H20BrN3O3. The van der Waals surface area contributed by atoms with E-state index in [2.05, 4.69) is 26.6 Å². The Morgan fingerprint density at radius 1 is 0.968 bits per heavy atom. The summed E-state index contributed by atoms with van der Waals surface area (Å²) in [6.07, 6.45) is 0. The minimum atomic E-state index is -1.38. The number of hydrogen-bond acceptors (Lipinski definition) is 3. The van der Waals surface area contributed by atoms with Crippen molar-refractivity contribution in [1.29, 1.82) is 0 Å². The van der Waals surface area contributed by atoms with E-state index in [1.807, 2.05) is 55.5 Å². The number of carbonyl (C=O) groups is 3. The van der Waals surface area contributed by atoms with Gasteiger partial charge in [-0.05, 0) is 51.7 Å². The maximum absolute atomic E-state index is 13.6. The molecule has 0 aliphatic carbocycles. The van der Waals surface area contributed by atoms with Crippen molar-refractivity contribution >= 4 is 39.5 Å². The number of hydrogen-bond donors (Lipinski definition) is 2. The Morgan fingerprint density at radius 2 is 1.55 bits per heavy atom. The van der Waals surface area contributed by atoms with Crippen LogP contribution in [0.15, 0.2) is 83.3 Å². The monoisotopic (exact) mass is 477 g/mol. The lowest BCUT2D eigenvalue weighted by Crippen LogP contribution is -2.45. The van der Waals surface area contributed by atoms with Crippen LogP contribution in [0.5, 0.6) is 0 Å². The first-order valence-corrected chi connectivity index (χ1v) is 10.5. The first-order chi connectivity index (χ1) is 14.9. The first kappa shape index (κ1) is 20.8. The fourth-order valence-electron chi connectivity index (χ4n) is 3.71. The van der Waals surface area contributed by atoms with Crippen LogP contribution in [-0.4, -0.2) is 29.3 Å². The van der Waals surface area contributed by atoms with Crippen LogP contribution in [-0.2, 0) is 15.1 Å². The average molecular weight is 478 g/mol. The minimum Gasteiger partial charge on any atom is -0.323 e. The molecule has 0 aromatic heterocycles. The molecule has 1 aliphatic heterocycles. The molecule has 1 fully saturated rings. The summed E-state index contributed by atoms with van der Waals surface area (Å²) < 4.78 is 0.723. The molecule has 0 saturated carbocycles. The van der Waals surface area contributed by atoms with E-state index >= 15 is 0 Å². The van der Waals surface area contributed by atoms with E-state index in [1.54, 1.807) is 30.3 Å². The number of nitrogens with zero attached hydrogens (tertiary/aromatic N) is 1. The van der Waals surface area contributed by atoms with E-state index in [0.717, 1.165) is 14.9 Å². The highest BCUT2D eigenvalue weighted by Crippen LogP contribution is 2.36. The number of benzene rings is 3. The zero-order valence-electron chi connectivity index (χ0n) is 16.8. The van der Waals surface area contributed by atoms with E-state index in [1.165, 1.54) is 0 Å². The van der Waals surface area contributed by atoms with Crippen molar-refractivity contribution in [1.82, 2.24) is 10.2 Å². The minimum absolute atomic E-state index is 0.396. The van der Waals surface area contributed by atoms with Gasteiger partial charge in [0.1, 0.15) is 6.54 Å². The summed E-state index contributed by atoms with van der Waals surface area (Å²) in [6.45, 7) is 1.54. The lowest BCUT2D eigenvalue weighted by molar-refractivity contribution is -0.133. The van der Waals surface area contributed by atoms with Gasteiger partial charge in [0.15, 0.2) is 5.54 Å². The second-order valence-electron chi connectivity index (χ2n) is 7.33. The highest BCUT2D eigenvalue weighted by molar-refractivity contribution is 9.10. The van der Waals surface area contributed by atoms with Crippen LogP contribution in [0.3, 0.4) is 0 Å². The Bertz CT molecular complexity index is 1110. The SMILES string of the molecule is Cc1ccc(NC(=O)CN2C(=O)NC(c3ccccc3)(c3ccccc3)C2=O)c(Br)c1. The molecule has 1 aliphatic rings. The third-order valence-electron chi connectivity index (χ3n) is 5.22. The Balaban J connectivity index is 1.64. The summed E-state index contributed by atoms with van der Waals surface area (Å²) in [6, 6.07) is 23.0. The van der Waals surface area contributed by atoms with Crippen LogP contribution in [0.1, 0.15) is 16.7 Å². The fraction of sp³-hybridized carbons (Fsp3) is 0.125. The van der Waals surface area contributed by atoms with Crippen LogP contribution in [0, 0.1) is 6.92 Å². The van der Waals surface area contributed by atoms with Crippen molar-refractivity contribution in [3.63, 3.8) is 0 Å². The molecule has 0 atom stereocenters. The fourth-order valence-corrected chi connectivity index (χ4v) is 4.30. The van der Waals surface area contributed by atoms with Gasteiger partial charge in [-0.1, -0.05) is 66.7 Å².